The summed E-state index contributed by atoms with van der Waals surface area (Å²) >= 11 is 0. The van der Waals surface area contributed by atoms with Crippen molar-refractivity contribution in [1.29, 1.82) is 0 Å². The van der Waals surface area contributed by atoms with Gasteiger partial charge in [-0.25, -0.2) is 0 Å². The first-order valence-electron chi connectivity index (χ1n) is 4.16. The van der Waals surface area contributed by atoms with E-state index >= 15 is 0 Å². The van der Waals surface area contributed by atoms with Gasteiger partial charge in [-0.2, -0.15) is 0 Å². The van der Waals surface area contributed by atoms with E-state index < -0.39 is 29.7 Å². The predicted octanol–water partition coefficient (Wildman–Crippen LogP) is -0.913. The van der Waals surface area contributed by atoms with Gasteiger partial charge >= 0.3 is 5.97 Å². The largest absolute Gasteiger partial charge is 0.481 e. The molecule has 0 aromatic carbocycles. The van der Waals surface area contributed by atoms with Crippen LogP contribution < -0.4 is 11.1 Å². The van der Waals surface area contributed by atoms with Gasteiger partial charge in [0.25, 0.3) is 0 Å². The number of carbonyl (C=O) groups excluding carboxylic acids is 2. The van der Waals surface area contributed by atoms with Crippen molar-refractivity contribution < 1.29 is 19.5 Å². The fourth-order valence-electron chi connectivity index (χ4n) is 0.833. The second kappa shape index (κ2) is 5.21. The van der Waals surface area contributed by atoms with Crippen molar-refractivity contribution in [1.82, 2.24) is 5.32 Å². The summed E-state index contributed by atoms with van der Waals surface area (Å²) in [6.45, 7) is 2.85. The smallest absolute Gasteiger partial charge is 0.315 e. The monoisotopic (exact) mass is 202 g/mol. The predicted molar refractivity (Wildman–Crippen MR) is 48.2 cm³/mol. The average Bonchev–Trinajstić information content (AvgIpc) is 2.00. The van der Waals surface area contributed by atoms with Crippen LogP contribution in [0.15, 0.2) is 0 Å². The van der Waals surface area contributed by atoms with Crippen molar-refractivity contribution in [3.63, 3.8) is 0 Å². The van der Waals surface area contributed by atoms with Crippen LogP contribution in [0.5, 0.6) is 0 Å². The summed E-state index contributed by atoms with van der Waals surface area (Å²) in [5.41, 5.74) is 4.90. The number of hydrogen-bond donors (Lipinski definition) is 3. The highest BCUT2D eigenvalue weighted by atomic mass is 16.4. The van der Waals surface area contributed by atoms with Gasteiger partial charge < -0.3 is 16.2 Å². The molecule has 0 fully saturated rings. The number of amides is 2. The molecule has 80 valence electrons. The number of carbonyl (C=O) groups is 3. The molecule has 14 heavy (non-hydrogen) atoms. The average molecular weight is 202 g/mol. The first-order valence-corrected chi connectivity index (χ1v) is 4.16. The SMILES string of the molecule is CC(CC(N)=O)NC(=O)C(C)C(=O)O. The Kier molecular flexibility index (Phi) is 4.62. The lowest BCUT2D eigenvalue weighted by Gasteiger charge is -2.13. The molecule has 6 nitrogen and oxygen atoms in total. The molecule has 2 amide bonds. The second-order valence-electron chi connectivity index (χ2n) is 3.14. The van der Waals surface area contributed by atoms with Crippen molar-refractivity contribution in [2.45, 2.75) is 26.3 Å². The van der Waals surface area contributed by atoms with Crippen molar-refractivity contribution in [2.75, 3.05) is 0 Å². The minimum absolute atomic E-state index is 0.00191. The zero-order chi connectivity index (χ0) is 11.3. The highest BCUT2D eigenvalue weighted by molar-refractivity contribution is 5.96. The molecule has 0 heterocycles. The molecular weight excluding hydrogens is 188 g/mol. The molecule has 2 atom stereocenters. The van der Waals surface area contributed by atoms with Crippen LogP contribution in [0, 0.1) is 5.92 Å². The first-order chi connectivity index (χ1) is 6.34. The van der Waals surface area contributed by atoms with Crippen LogP contribution in [-0.2, 0) is 14.4 Å². The minimum atomic E-state index is -1.20. The fourth-order valence-corrected chi connectivity index (χ4v) is 0.833. The highest BCUT2D eigenvalue weighted by Crippen LogP contribution is 1.97. The van der Waals surface area contributed by atoms with Crippen LogP contribution in [0.25, 0.3) is 0 Å². The van der Waals surface area contributed by atoms with E-state index in [2.05, 4.69) is 5.32 Å². The zero-order valence-electron chi connectivity index (χ0n) is 8.11. The molecule has 0 rings (SSSR count). The van der Waals surface area contributed by atoms with E-state index in [0.29, 0.717) is 0 Å². The summed E-state index contributed by atoms with van der Waals surface area (Å²) in [4.78, 5) is 32.0. The molecule has 4 N–H and O–H groups in total. The number of aliphatic carboxylic acids is 1. The topological polar surface area (TPSA) is 109 Å². The van der Waals surface area contributed by atoms with Gasteiger partial charge in [0.1, 0.15) is 5.92 Å². The molecule has 0 aromatic rings. The van der Waals surface area contributed by atoms with Gasteiger partial charge in [-0.3, -0.25) is 14.4 Å². The number of primary amides is 1. The first kappa shape index (κ1) is 12.4. The van der Waals surface area contributed by atoms with Gasteiger partial charge in [-0.05, 0) is 13.8 Å². The molecule has 0 bridgehead atoms. The van der Waals surface area contributed by atoms with Gasteiger partial charge in [-0.15, -0.1) is 0 Å². The van der Waals surface area contributed by atoms with Gasteiger partial charge in [-0.1, -0.05) is 0 Å². The molecule has 0 radical (unpaired) electrons. The lowest BCUT2D eigenvalue weighted by molar-refractivity contribution is -0.146. The summed E-state index contributed by atoms with van der Waals surface area (Å²) in [6.07, 6.45) is -0.00191. The van der Waals surface area contributed by atoms with Crippen molar-refractivity contribution >= 4 is 17.8 Å². The summed E-state index contributed by atoms with van der Waals surface area (Å²) in [5, 5.41) is 10.9. The van der Waals surface area contributed by atoms with Gasteiger partial charge in [0.05, 0.1) is 0 Å². The summed E-state index contributed by atoms with van der Waals surface area (Å²) in [6, 6.07) is -0.443. The fraction of sp³-hybridized carbons (Fsp3) is 0.625. The van der Waals surface area contributed by atoms with Crippen molar-refractivity contribution in [2.24, 2.45) is 11.7 Å². The number of nitrogens with one attached hydrogen (secondary N) is 1. The zero-order valence-corrected chi connectivity index (χ0v) is 8.11. The maximum Gasteiger partial charge on any atom is 0.315 e. The third-order valence-electron chi connectivity index (χ3n) is 1.66. The molecule has 0 aromatic heterocycles. The van der Waals surface area contributed by atoms with Crippen LogP contribution in [0.1, 0.15) is 20.3 Å². The van der Waals surface area contributed by atoms with E-state index in [0.717, 1.165) is 0 Å². The Morgan fingerprint density at radius 2 is 1.86 bits per heavy atom. The molecule has 6 heteroatoms. The number of carboxylic acids is 1. The van der Waals surface area contributed by atoms with Crippen molar-refractivity contribution in [3.8, 4) is 0 Å². The van der Waals surface area contributed by atoms with E-state index in [4.69, 9.17) is 10.8 Å². The lowest BCUT2D eigenvalue weighted by Crippen LogP contribution is -2.40. The van der Waals surface area contributed by atoms with E-state index in [9.17, 15) is 14.4 Å². The number of carboxylic acid groups (broad SMARTS) is 1. The maximum absolute atomic E-state index is 11.1. The van der Waals surface area contributed by atoms with Crippen LogP contribution >= 0.6 is 0 Å². The molecule has 0 aliphatic carbocycles. The molecule has 0 saturated heterocycles. The van der Waals surface area contributed by atoms with Crippen LogP contribution in [-0.4, -0.2) is 28.9 Å². The Hall–Kier alpha value is -1.59. The summed E-state index contributed by atoms with van der Waals surface area (Å²) < 4.78 is 0. The molecule has 0 aliphatic rings. The van der Waals surface area contributed by atoms with E-state index in [1.54, 1.807) is 6.92 Å². The third kappa shape index (κ3) is 4.44. The van der Waals surface area contributed by atoms with E-state index in [-0.39, 0.29) is 6.42 Å². The Labute approximate surface area is 81.5 Å². The molecule has 0 aliphatic heterocycles. The Morgan fingerprint density at radius 1 is 1.36 bits per heavy atom. The quantitative estimate of drug-likeness (QED) is 0.501. The molecule has 0 saturated carbocycles. The normalized spacial score (nSPS) is 14.1. The van der Waals surface area contributed by atoms with Crippen LogP contribution in [0.3, 0.4) is 0 Å². The Bertz CT molecular complexity index is 252. The highest BCUT2D eigenvalue weighted by Gasteiger charge is 2.21. The van der Waals surface area contributed by atoms with E-state index in [1.165, 1.54) is 6.92 Å². The Balaban J connectivity index is 4.05. The lowest BCUT2D eigenvalue weighted by atomic mass is 10.1. The number of hydrogen-bond acceptors (Lipinski definition) is 3. The minimum Gasteiger partial charge on any atom is -0.481 e. The van der Waals surface area contributed by atoms with Gasteiger partial charge in [0.2, 0.25) is 11.8 Å². The van der Waals surface area contributed by atoms with Crippen molar-refractivity contribution in [3.05, 3.63) is 0 Å². The second-order valence-corrected chi connectivity index (χ2v) is 3.14. The van der Waals surface area contributed by atoms with Crippen LogP contribution in [0.4, 0.5) is 0 Å². The molecule has 0 spiro atoms. The number of nitrogens with two attached hydrogens (primary N) is 1. The number of rotatable bonds is 5. The molecular formula is C8H14N2O4. The summed E-state index contributed by atoms with van der Waals surface area (Å²) in [5.74, 6) is -3.48. The standard InChI is InChI=1S/C8H14N2O4/c1-4(3-6(9)11)10-7(12)5(2)8(13)14/h4-5H,3H2,1-2H3,(H2,9,11)(H,10,12)(H,13,14). The third-order valence-corrected chi connectivity index (χ3v) is 1.66. The van der Waals surface area contributed by atoms with Gasteiger partial charge in [0, 0.05) is 12.5 Å². The van der Waals surface area contributed by atoms with Gasteiger partial charge in [0.15, 0.2) is 0 Å². The molecule has 2 unspecified atom stereocenters. The summed E-state index contributed by atoms with van der Waals surface area (Å²) in [7, 11) is 0. The van der Waals surface area contributed by atoms with Crippen LogP contribution in [0.2, 0.25) is 0 Å². The Morgan fingerprint density at radius 3 is 2.21 bits per heavy atom. The maximum atomic E-state index is 11.1. The van der Waals surface area contributed by atoms with E-state index in [1.807, 2.05) is 0 Å².